The summed E-state index contributed by atoms with van der Waals surface area (Å²) in [6, 6.07) is 0. The lowest BCUT2D eigenvalue weighted by Crippen LogP contribution is -2.35. The highest BCUT2D eigenvalue weighted by Gasteiger charge is 2.25. The van der Waals surface area contributed by atoms with E-state index in [0.717, 1.165) is 18.5 Å². The van der Waals surface area contributed by atoms with Crippen molar-refractivity contribution < 1.29 is 10.0 Å². The lowest BCUT2D eigenvalue weighted by atomic mass is 9.77. The normalized spacial score (nSPS) is 17.3. The summed E-state index contributed by atoms with van der Waals surface area (Å²) >= 11 is 0. The molecule has 0 unspecified atom stereocenters. The fourth-order valence-electron chi connectivity index (χ4n) is 2.09. The van der Waals surface area contributed by atoms with Crippen molar-refractivity contribution >= 4 is 12.6 Å². The van der Waals surface area contributed by atoms with Crippen LogP contribution in [0.5, 0.6) is 0 Å². The van der Waals surface area contributed by atoms with Crippen molar-refractivity contribution in [2.24, 2.45) is 0 Å². The topological polar surface area (TPSA) is 66.2 Å². The molecule has 1 aromatic heterocycles. The van der Waals surface area contributed by atoms with Crippen LogP contribution in [0.15, 0.2) is 12.5 Å². The smallest absolute Gasteiger partial charge is 0.423 e. The molecule has 2 rings (SSSR count). The Morgan fingerprint density at radius 3 is 2.64 bits per heavy atom. The second-order valence-electron chi connectivity index (χ2n) is 3.72. The molecule has 1 aromatic rings. The van der Waals surface area contributed by atoms with Gasteiger partial charge < -0.3 is 10.0 Å². The van der Waals surface area contributed by atoms with Crippen LogP contribution in [-0.4, -0.2) is 27.1 Å². The van der Waals surface area contributed by atoms with E-state index in [-0.39, 0.29) is 0 Å². The quantitative estimate of drug-likeness (QED) is 0.637. The van der Waals surface area contributed by atoms with Crippen LogP contribution in [0.2, 0.25) is 0 Å². The van der Waals surface area contributed by atoms with Crippen molar-refractivity contribution in [1.29, 1.82) is 0 Å². The van der Waals surface area contributed by atoms with Crippen LogP contribution in [0.4, 0.5) is 0 Å². The Bertz CT molecular complexity index is 313. The van der Waals surface area contributed by atoms with Gasteiger partial charge in [0.25, 0.3) is 0 Å². The summed E-state index contributed by atoms with van der Waals surface area (Å²) in [6.07, 6.45) is 7.56. The third-order valence-corrected chi connectivity index (χ3v) is 2.79. The minimum Gasteiger partial charge on any atom is -0.423 e. The van der Waals surface area contributed by atoms with Crippen LogP contribution in [-0.2, 0) is 0 Å². The molecule has 0 aliphatic heterocycles. The SMILES string of the molecule is OB(O)c1cncnc1C1CCCC1. The average molecular weight is 192 g/mol. The van der Waals surface area contributed by atoms with E-state index < -0.39 is 7.12 Å². The van der Waals surface area contributed by atoms with Crippen LogP contribution in [0, 0.1) is 0 Å². The molecule has 0 bridgehead atoms. The fourth-order valence-corrected chi connectivity index (χ4v) is 2.09. The van der Waals surface area contributed by atoms with Gasteiger partial charge in [0, 0.05) is 23.3 Å². The minimum absolute atomic E-state index is 0.384. The van der Waals surface area contributed by atoms with Crippen LogP contribution in [0.3, 0.4) is 0 Å². The van der Waals surface area contributed by atoms with Crippen molar-refractivity contribution in [3.8, 4) is 0 Å². The number of hydrogen-bond donors (Lipinski definition) is 2. The van der Waals surface area contributed by atoms with E-state index in [1.54, 1.807) is 0 Å². The minimum atomic E-state index is -1.45. The highest BCUT2D eigenvalue weighted by molar-refractivity contribution is 6.59. The average Bonchev–Trinajstić information content (AvgIpc) is 2.70. The van der Waals surface area contributed by atoms with Crippen LogP contribution < -0.4 is 5.46 Å². The number of hydrogen-bond acceptors (Lipinski definition) is 4. The Morgan fingerprint density at radius 1 is 1.29 bits per heavy atom. The summed E-state index contributed by atoms with van der Waals surface area (Å²) in [4.78, 5) is 7.96. The first kappa shape index (κ1) is 9.61. The van der Waals surface area contributed by atoms with Crippen LogP contribution in [0.1, 0.15) is 37.3 Å². The maximum Gasteiger partial charge on any atom is 0.491 e. The van der Waals surface area contributed by atoms with Gasteiger partial charge in [-0.05, 0) is 12.8 Å². The fraction of sp³-hybridized carbons (Fsp3) is 0.556. The summed E-state index contributed by atoms with van der Waals surface area (Å²) in [5.41, 5.74) is 1.27. The molecule has 1 aliphatic carbocycles. The van der Waals surface area contributed by atoms with Gasteiger partial charge in [0.05, 0.1) is 0 Å². The van der Waals surface area contributed by atoms with Gasteiger partial charge in [0.2, 0.25) is 0 Å². The third kappa shape index (κ3) is 1.78. The molecule has 1 heterocycles. The zero-order valence-corrected chi connectivity index (χ0v) is 7.93. The van der Waals surface area contributed by atoms with E-state index in [0.29, 0.717) is 11.4 Å². The molecule has 14 heavy (non-hydrogen) atoms. The standard InChI is InChI=1S/C9H13BN2O2/c13-10(14)8-5-11-6-12-9(8)7-3-1-2-4-7/h5-7,13-14H,1-4H2. The van der Waals surface area contributed by atoms with Crippen molar-refractivity contribution in [1.82, 2.24) is 9.97 Å². The molecule has 2 N–H and O–H groups in total. The van der Waals surface area contributed by atoms with E-state index >= 15 is 0 Å². The van der Waals surface area contributed by atoms with E-state index in [1.807, 2.05) is 0 Å². The number of nitrogens with zero attached hydrogens (tertiary/aromatic N) is 2. The molecule has 74 valence electrons. The molecular formula is C9H13BN2O2. The highest BCUT2D eigenvalue weighted by Crippen LogP contribution is 2.31. The molecular weight excluding hydrogens is 179 g/mol. The van der Waals surface area contributed by atoms with Gasteiger partial charge in [-0.15, -0.1) is 0 Å². The summed E-state index contributed by atoms with van der Waals surface area (Å²) in [6.45, 7) is 0. The van der Waals surface area contributed by atoms with Gasteiger partial charge in [0.1, 0.15) is 6.33 Å². The molecule has 1 saturated carbocycles. The van der Waals surface area contributed by atoms with Gasteiger partial charge in [-0.1, -0.05) is 12.8 Å². The Labute approximate surface area is 83.2 Å². The van der Waals surface area contributed by atoms with Gasteiger partial charge in [-0.3, -0.25) is 0 Å². The summed E-state index contributed by atoms with van der Waals surface area (Å²) < 4.78 is 0. The number of rotatable bonds is 2. The van der Waals surface area contributed by atoms with Crippen molar-refractivity contribution in [3.05, 3.63) is 18.2 Å². The molecule has 0 aromatic carbocycles. The Morgan fingerprint density at radius 2 is 2.00 bits per heavy atom. The predicted octanol–water partition coefficient (Wildman–Crippen LogP) is -0.186. The monoisotopic (exact) mass is 192 g/mol. The van der Waals surface area contributed by atoms with Gasteiger partial charge >= 0.3 is 7.12 Å². The van der Waals surface area contributed by atoms with E-state index in [1.165, 1.54) is 25.4 Å². The van der Waals surface area contributed by atoms with Crippen molar-refractivity contribution in [2.75, 3.05) is 0 Å². The van der Waals surface area contributed by atoms with Crippen LogP contribution >= 0.6 is 0 Å². The molecule has 0 spiro atoms. The first-order valence-corrected chi connectivity index (χ1v) is 4.95. The lowest BCUT2D eigenvalue weighted by Gasteiger charge is -2.12. The maximum atomic E-state index is 9.14. The molecule has 0 radical (unpaired) electrons. The lowest BCUT2D eigenvalue weighted by molar-refractivity contribution is 0.424. The summed E-state index contributed by atoms with van der Waals surface area (Å²) in [5, 5.41) is 18.3. The van der Waals surface area contributed by atoms with E-state index in [2.05, 4.69) is 9.97 Å². The second kappa shape index (κ2) is 4.06. The predicted molar refractivity (Wildman–Crippen MR) is 53.1 cm³/mol. The maximum absolute atomic E-state index is 9.14. The zero-order chi connectivity index (χ0) is 9.97. The van der Waals surface area contributed by atoms with E-state index in [4.69, 9.17) is 10.0 Å². The van der Waals surface area contributed by atoms with Crippen molar-refractivity contribution in [2.45, 2.75) is 31.6 Å². The second-order valence-corrected chi connectivity index (χ2v) is 3.72. The first-order valence-electron chi connectivity index (χ1n) is 4.95. The molecule has 4 nitrogen and oxygen atoms in total. The first-order chi connectivity index (χ1) is 6.79. The summed E-state index contributed by atoms with van der Waals surface area (Å²) in [5.74, 6) is 0.384. The van der Waals surface area contributed by atoms with Gasteiger partial charge in [0.15, 0.2) is 0 Å². The largest absolute Gasteiger partial charge is 0.491 e. The molecule has 1 aliphatic rings. The molecule has 1 fully saturated rings. The number of aromatic nitrogens is 2. The third-order valence-electron chi connectivity index (χ3n) is 2.79. The van der Waals surface area contributed by atoms with Crippen LogP contribution in [0.25, 0.3) is 0 Å². The zero-order valence-electron chi connectivity index (χ0n) is 7.93. The summed E-state index contributed by atoms with van der Waals surface area (Å²) in [7, 11) is -1.45. The van der Waals surface area contributed by atoms with Crippen molar-refractivity contribution in [3.63, 3.8) is 0 Å². The molecule has 0 amide bonds. The molecule has 0 atom stereocenters. The Hall–Kier alpha value is -0.935. The van der Waals surface area contributed by atoms with E-state index in [9.17, 15) is 0 Å². The Balaban J connectivity index is 2.30. The molecule has 0 saturated heterocycles. The highest BCUT2D eigenvalue weighted by atomic mass is 16.4. The molecule has 5 heteroatoms. The van der Waals surface area contributed by atoms with Gasteiger partial charge in [-0.25, -0.2) is 9.97 Å². The Kier molecular flexibility index (Phi) is 2.79. The van der Waals surface area contributed by atoms with Gasteiger partial charge in [-0.2, -0.15) is 0 Å².